The molecule has 1 unspecified atom stereocenters. The molecular weight excluding hydrogens is 457 g/mol. The summed E-state index contributed by atoms with van der Waals surface area (Å²) in [5.41, 5.74) is 2.41. The largest absolute Gasteiger partial charge is 0.322 e. The van der Waals surface area contributed by atoms with Crippen molar-refractivity contribution in [1.82, 2.24) is 15.1 Å². The first-order valence-electron chi connectivity index (χ1n) is 9.65. The van der Waals surface area contributed by atoms with Crippen LogP contribution < -0.4 is 10.6 Å². The number of rotatable bonds is 4. The Balaban J connectivity index is 1.43. The normalized spacial score (nSPS) is 15.7. The minimum Gasteiger partial charge on any atom is -0.312 e. The van der Waals surface area contributed by atoms with Gasteiger partial charge in [0.15, 0.2) is 0 Å². The van der Waals surface area contributed by atoms with Gasteiger partial charge in [-0.15, -0.1) is 10.2 Å². The Hall–Kier alpha value is -2.68. The van der Waals surface area contributed by atoms with Crippen molar-refractivity contribution in [3.05, 3.63) is 58.1 Å². The summed E-state index contributed by atoms with van der Waals surface area (Å²) in [5.74, 6) is -0.301. The van der Waals surface area contributed by atoms with Crippen LogP contribution in [0, 0.1) is 6.92 Å². The van der Waals surface area contributed by atoms with E-state index in [1.54, 1.807) is 18.2 Å². The monoisotopic (exact) mass is 475 g/mol. The summed E-state index contributed by atoms with van der Waals surface area (Å²) in [6.45, 7) is 2.47. The molecule has 1 atom stereocenters. The van der Waals surface area contributed by atoms with Gasteiger partial charge in [-0.2, -0.15) is 0 Å². The molecule has 0 bridgehead atoms. The molecule has 4 rings (SSSR count). The number of hydrogen-bond acceptors (Lipinski definition) is 5. The molecular formula is C21H19Cl2N5O2S. The molecule has 2 N–H and O–H groups in total. The molecule has 2 heterocycles. The van der Waals surface area contributed by atoms with Crippen LogP contribution in [0.4, 0.5) is 15.6 Å². The van der Waals surface area contributed by atoms with Crippen molar-refractivity contribution >= 4 is 57.3 Å². The van der Waals surface area contributed by atoms with Crippen LogP contribution in [0.5, 0.6) is 0 Å². The fourth-order valence-electron chi connectivity index (χ4n) is 3.35. The first-order valence-corrected chi connectivity index (χ1v) is 11.2. The SMILES string of the molecule is Cc1ccc(-c2nnc(NC(=O)C3CCCN3C(=O)Nc3c(Cl)cccc3Cl)s2)cc1. The van der Waals surface area contributed by atoms with Crippen molar-refractivity contribution in [2.24, 2.45) is 0 Å². The molecule has 1 aromatic heterocycles. The van der Waals surface area contributed by atoms with Crippen molar-refractivity contribution < 1.29 is 9.59 Å². The van der Waals surface area contributed by atoms with E-state index in [0.29, 0.717) is 45.3 Å². The van der Waals surface area contributed by atoms with Crippen LogP contribution in [-0.4, -0.2) is 39.6 Å². The van der Waals surface area contributed by atoms with Crippen LogP contribution in [-0.2, 0) is 4.79 Å². The number of aromatic nitrogens is 2. The number of urea groups is 1. The average Bonchev–Trinajstić information content (AvgIpc) is 3.41. The molecule has 31 heavy (non-hydrogen) atoms. The van der Waals surface area contributed by atoms with Gasteiger partial charge in [-0.3, -0.25) is 10.1 Å². The van der Waals surface area contributed by atoms with Gasteiger partial charge in [-0.25, -0.2) is 4.79 Å². The number of nitrogens with one attached hydrogen (secondary N) is 2. The standard InChI is InChI=1S/C21H19Cl2N5O2S/c1-12-7-9-13(10-8-12)19-26-27-20(31-19)25-18(29)16-6-3-11-28(16)21(30)24-17-14(22)4-2-5-15(17)23/h2,4-5,7-10,16H,3,6,11H2,1H3,(H,24,30)(H,25,27,29). The Labute approximate surface area is 193 Å². The molecule has 0 spiro atoms. The zero-order valence-corrected chi connectivity index (χ0v) is 18.9. The van der Waals surface area contributed by atoms with Gasteiger partial charge < -0.3 is 10.2 Å². The van der Waals surface area contributed by atoms with E-state index >= 15 is 0 Å². The average molecular weight is 476 g/mol. The van der Waals surface area contributed by atoms with Crippen molar-refractivity contribution in [3.63, 3.8) is 0 Å². The second-order valence-corrected chi connectivity index (χ2v) is 8.94. The minimum absolute atomic E-state index is 0.301. The highest BCUT2D eigenvalue weighted by Gasteiger charge is 2.35. The first-order chi connectivity index (χ1) is 14.9. The van der Waals surface area contributed by atoms with Crippen LogP contribution in [0.1, 0.15) is 18.4 Å². The minimum atomic E-state index is -0.618. The highest BCUT2D eigenvalue weighted by atomic mass is 35.5. The third-order valence-corrected chi connectivity index (χ3v) is 6.48. The Bertz CT molecular complexity index is 1100. The molecule has 0 aliphatic carbocycles. The van der Waals surface area contributed by atoms with E-state index in [1.807, 2.05) is 31.2 Å². The number of para-hydroxylation sites is 1. The molecule has 7 nitrogen and oxygen atoms in total. The molecule has 160 valence electrons. The number of aryl methyl sites for hydroxylation is 1. The summed E-state index contributed by atoms with van der Waals surface area (Å²) in [4.78, 5) is 27.1. The lowest BCUT2D eigenvalue weighted by molar-refractivity contribution is -0.119. The quantitative estimate of drug-likeness (QED) is 0.524. The van der Waals surface area contributed by atoms with Crippen molar-refractivity contribution in [1.29, 1.82) is 0 Å². The summed E-state index contributed by atoms with van der Waals surface area (Å²) < 4.78 is 0. The van der Waals surface area contributed by atoms with Crippen LogP contribution in [0.25, 0.3) is 10.6 Å². The summed E-state index contributed by atoms with van der Waals surface area (Å²) in [7, 11) is 0. The lowest BCUT2D eigenvalue weighted by Gasteiger charge is -2.24. The van der Waals surface area contributed by atoms with E-state index < -0.39 is 12.1 Å². The molecule has 10 heteroatoms. The van der Waals surface area contributed by atoms with Gasteiger partial charge in [0, 0.05) is 12.1 Å². The van der Waals surface area contributed by atoms with Crippen LogP contribution in [0.2, 0.25) is 10.0 Å². The molecule has 2 aromatic carbocycles. The van der Waals surface area contributed by atoms with Crippen molar-refractivity contribution in [2.45, 2.75) is 25.8 Å². The number of carbonyl (C=O) groups is 2. The molecule has 1 aliphatic heterocycles. The van der Waals surface area contributed by atoms with E-state index in [9.17, 15) is 9.59 Å². The molecule has 0 radical (unpaired) electrons. The topological polar surface area (TPSA) is 87.2 Å². The predicted molar refractivity (Wildman–Crippen MR) is 124 cm³/mol. The second-order valence-electron chi connectivity index (χ2n) is 7.15. The van der Waals surface area contributed by atoms with Gasteiger partial charge in [-0.1, -0.05) is 70.4 Å². The lowest BCUT2D eigenvalue weighted by Crippen LogP contribution is -2.45. The summed E-state index contributed by atoms with van der Waals surface area (Å²) in [5, 5.41) is 15.5. The Morgan fingerprint density at radius 2 is 1.77 bits per heavy atom. The number of carbonyl (C=O) groups excluding carboxylic acids is 2. The van der Waals surface area contributed by atoms with E-state index in [4.69, 9.17) is 23.2 Å². The molecule has 3 aromatic rings. The van der Waals surface area contributed by atoms with Crippen LogP contribution >= 0.6 is 34.5 Å². The number of anilines is 2. The third kappa shape index (κ3) is 4.81. The highest BCUT2D eigenvalue weighted by molar-refractivity contribution is 7.18. The van der Waals surface area contributed by atoms with E-state index in [2.05, 4.69) is 20.8 Å². The van der Waals surface area contributed by atoms with Gasteiger partial charge >= 0.3 is 6.03 Å². The highest BCUT2D eigenvalue weighted by Crippen LogP contribution is 2.31. The lowest BCUT2D eigenvalue weighted by atomic mass is 10.2. The number of likely N-dealkylation sites (tertiary alicyclic amines) is 1. The summed E-state index contributed by atoms with van der Waals surface area (Å²) >= 11 is 13.6. The number of nitrogens with zero attached hydrogens (tertiary/aromatic N) is 3. The second kappa shape index (κ2) is 9.21. The van der Waals surface area contributed by atoms with Crippen molar-refractivity contribution in [3.8, 4) is 10.6 Å². The Morgan fingerprint density at radius 3 is 2.48 bits per heavy atom. The summed E-state index contributed by atoms with van der Waals surface area (Å²) in [6.07, 6.45) is 1.27. The molecule has 1 fully saturated rings. The maximum absolute atomic E-state index is 12.9. The fourth-order valence-corrected chi connectivity index (χ4v) is 4.60. The van der Waals surface area contributed by atoms with Gasteiger partial charge in [0.05, 0.1) is 15.7 Å². The molecule has 1 aliphatic rings. The molecule has 0 saturated carbocycles. The van der Waals surface area contributed by atoms with Crippen LogP contribution in [0.3, 0.4) is 0 Å². The Kier molecular flexibility index (Phi) is 6.41. The van der Waals surface area contributed by atoms with E-state index in [-0.39, 0.29) is 5.91 Å². The van der Waals surface area contributed by atoms with Crippen LogP contribution in [0.15, 0.2) is 42.5 Å². The number of halogens is 2. The number of benzene rings is 2. The first kappa shape index (κ1) is 21.5. The van der Waals surface area contributed by atoms with Gasteiger partial charge in [0.1, 0.15) is 11.0 Å². The maximum atomic E-state index is 12.9. The predicted octanol–water partition coefficient (Wildman–Crippen LogP) is 5.46. The molecule has 3 amide bonds. The van der Waals surface area contributed by atoms with E-state index in [1.165, 1.54) is 16.2 Å². The third-order valence-electron chi connectivity index (χ3n) is 4.96. The Morgan fingerprint density at radius 1 is 1.06 bits per heavy atom. The molecule has 1 saturated heterocycles. The van der Waals surface area contributed by atoms with Gasteiger partial charge in [0.2, 0.25) is 11.0 Å². The zero-order valence-electron chi connectivity index (χ0n) is 16.6. The smallest absolute Gasteiger partial charge is 0.312 e. The van der Waals surface area contributed by atoms with Gasteiger partial charge in [-0.05, 0) is 31.9 Å². The zero-order chi connectivity index (χ0) is 22.0. The number of hydrogen-bond donors (Lipinski definition) is 2. The van der Waals surface area contributed by atoms with Crippen molar-refractivity contribution in [2.75, 3.05) is 17.2 Å². The van der Waals surface area contributed by atoms with Gasteiger partial charge in [0.25, 0.3) is 0 Å². The summed E-state index contributed by atoms with van der Waals surface area (Å²) in [6, 6.07) is 11.8. The fraction of sp³-hybridized carbons (Fsp3) is 0.238. The van der Waals surface area contributed by atoms with E-state index in [0.717, 1.165) is 11.1 Å². The number of amides is 3. The maximum Gasteiger partial charge on any atom is 0.322 e.